The van der Waals surface area contributed by atoms with Crippen molar-refractivity contribution in [2.45, 2.75) is 58.0 Å². The van der Waals surface area contributed by atoms with Crippen molar-refractivity contribution in [3.63, 3.8) is 0 Å². The summed E-state index contributed by atoms with van der Waals surface area (Å²) in [6, 6.07) is 1.37. The fraction of sp³-hybridized carbons (Fsp3) is 0.733. The number of nitrogens with zero attached hydrogens (tertiary/aromatic N) is 3. The minimum atomic E-state index is 0.587. The van der Waals surface area contributed by atoms with Crippen molar-refractivity contribution in [2.24, 2.45) is 0 Å². The molecular formula is C15H24N4. The average molecular weight is 260 g/mol. The maximum Gasteiger partial charge on any atom is 0.150 e. The summed E-state index contributed by atoms with van der Waals surface area (Å²) < 4.78 is 0. The molecule has 4 heteroatoms. The van der Waals surface area contributed by atoms with Gasteiger partial charge in [-0.3, -0.25) is 4.98 Å². The van der Waals surface area contributed by atoms with Gasteiger partial charge in [-0.25, -0.2) is 4.98 Å². The van der Waals surface area contributed by atoms with Gasteiger partial charge in [-0.2, -0.15) is 0 Å². The van der Waals surface area contributed by atoms with E-state index in [1.807, 2.05) is 13.1 Å². The lowest BCUT2D eigenvalue weighted by molar-refractivity contribution is 0.430. The first-order chi connectivity index (χ1) is 9.24. The Hall–Kier alpha value is -1.16. The molecule has 1 atom stereocenters. The molecule has 1 unspecified atom stereocenters. The molecule has 1 aliphatic carbocycles. The molecule has 4 nitrogen and oxygen atoms in total. The maximum atomic E-state index is 4.73. The van der Waals surface area contributed by atoms with Crippen molar-refractivity contribution < 1.29 is 0 Å². The van der Waals surface area contributed by atoms with E-state index in [-0.39, 0.29) is 0 Å². The zero-order valence-corrected chi connectivity index (χ0v) is 12.0. The van der Waals surface area contributed by atoms with Crippen LogP contribution in [0.5, 0.6) is 0 Å². The van der Waals surface area contributed by atoms with Gasteiger partial charge in [-0.15, -0.1) is 0 Å². The van der Waals surface area contributed by atoms with Crippen LogP contribution in [0.25, 0.3) is 0 Å². The summed E-state index contributed by atoms with van der Waals surface area (Å²) in [4.78, 5) is 11.7. The molecule has 1 aliphatic heterocycles. The summed E-state index contributed by atoms with van der Waals surface area (Å²) in [5.41, 5.74) is 2.07. The number of aromatic nitrogens is 2. The molecule has 3 rings (SSSR count). The topological polar surface area (TPSA) is 41.1 Å². The highest BCUT2D eigenvalue weighted by molar-refractivity contribution is 5.45. The molecule has 0 spiro atoms. The van der Waals surface area contributed by atoms with E-state index in [0.29, 0.717) is 6.04 Å². The smallest absolute Gasteiger partial charge is 0.150 e. The minimum Gasteiger partial charge on any atom is -0.351 e. The van der Waals surface area contributed by atoms with Gasteiger partial charge in [-0.05, 0) is 46.0 Å². The summed E-state index contributed by atoms with van der Waals surface area (Å²) >= 11 is 0. The SMILES string of the molecule is Cc1cnc(C)c(N2CCCCC2CNC2CC2)n1. The van der Waals surface area contributed by atoms with Gasteiger partial charge in [0.2, 0.25) is 0 Å². The molecule has 1 aromatic rings. The second-order valence-corrected chi connectivity index (χ2v) is 5.95. The van der Waals surface area contributed by atoms with Crippen LogP contribution in [0.2, 0.25) is 0 Å². The zero-order chi connectivity index (χ0) is 13.2. The highest BCUT2D eigenvalue weighted by atomic mass is 15.2. The van der Waals surface area contributed by atoms with E-state index in [0.717, 1.165) is 36.3 Å². The number of aryl methyl sites for hydroxylation is 2. The summed E-state index contributed by atoms with van der Waals surface area (Å²) in [5, 5.41) is 3.67. The maximum absolute atomic E-state index is 4.73. The van der Waals surface area contributed by atoms with Crippen molar-refractivity contribution in [1.29, 1.82) is 0 Å². The molecule has 1 saturated carbocycles. The molecule has 19 heavy (non-hydrogen) atoms. The third-order valence-electron chi connectivity index (χ3n) is 4.17. The lowest BCUT2D eigenvalue weighted by Crippen LogP contribution is -2.46. The monoisotopic (exact) mass is 260 g/mol. The van der Waals surface area contributed by atoms with Crippen LogP contribution < -0.4 is 10.2 Å². The van der Waals surface area contributed by atoms with Gasteiger partial charge in [-0.1, -0.05) is 0 Å². The minimum absolute atomic E-state index is 0.587. The van der Waals surface area contributed by atoms with Gasteiger partial charge in [0.05, 0.1) is 11.4 Å². The number of hydrogen-bond acceptors (Lipinski definition) is 4. The lowest BCUT2D eigenvalue weighted by atomic mass is 10.0. The van der Waals surface area contributed by atoms with E-state index in [1.54, 1.807) is 0 Å². The second kappa shape index (κ2) is 5.45. The molecule has 2 aliphatic rings. The first-order valence-electron chi connectivity index (χ1n) is 7.54. The molecule has 2 fully saturated rings. The van der Waals surface area contributed by atoms with Gasteiger partial charge < -0.3 is 10.2 Å². The second-order valence-electron chi connectivity index (χ2n) is 5.95. The highest BCUT2D eigenvalue weighted by Gasteiger charge is 2.28. The molecule has 0 bridgehead atoms. The molecule has 0 aromatic carbocycles. The fourth-order valence-electron chi connectivity index (χ4n) is 2.88. The van der Waals surface area contributed by atoms with Crippen molar-refractivity contribution in [1.82, 2.24) is 15.3 Å². The molecule has 1 N–H and O–H groups in total. The highest BCUT2D eigenvalue weighted by Crippen LogP contribution is 2.26. The van der Waals surface area contributed by atoms with Crippen molar-refractivity contribution in [2.75, 3.05) is 18.0 Å². The van der Waals surface area contributed by atoms with E-state index in [9.17, 15) is 0 Å². The zero-order valence-electron chi connectivity index (χ0n) is 12.0. The summed E-state index contributed by atoms with van der Waals surface area (Å²) in [5.74, 6) is 1.10. The molecule has 0 radical (unpaired) electrons. The van der Waals surface area contributed by atoms with Crippen LogP contribution in [-0.2, 0) is 0 Å². The quantitative estimate of drug-likeness (QED) is 0.901. The van der Waals surface area contributed by atoms with Gasteiger partial charge >= 0.3 is 0 Å². The Morgan fingerprint density at radius 3 is 2.89 bits per heavy atom. The Labute approximate surface area is 115 Å². The molecule has 0 amide bonds. The Kier molecular flexibility index (Phi) is 3.69. The third kappa shape index (κ3) is 3.06. The lowest BCUT2D eigenvalue weighted by Gasteiger charge is -2.37. The van der Waals surface area contributed by atoms with Crippen molar-refractivity contribution in [3.8, 4) is 0 Å². The van der Waals surface area contributed by atoms with E-state index >= 15 is 0 Å². The molecular weight excluding hydrogens is 236 g/mol. The summed E-state index contributed by atoms with van der Waals surface area (Å²) in [7, 11) is 0. The van der Waals surface area contributed by atoms with E-state index in [1.165, 1.54) is 32.1 Å². The van der Waals surface area contributed by atoms with Crippen LogP contribution in [0.15, 0.2) is 6.20 Å². The van der Waals surface area contributed by atoms with Crippen LogP contribution in [0.1, 0.15) is 43.5 Å². The van der Waals surface area contributed by atoms with Crippen LogP contribution >= 0.6 is 0 Å². The Bertz CT molecular complexity index is 442. The number of nitrogens with one attached hydrogen (secondary N) is 1. The van der Waals surface area contributed by atoms with Gasteiger partial charge in [0.25, 0.3) is 0 Å². The number of rotatable bonds is 4. The molecule has 2 heterocycles. The Morgan fingerprint density at radius 2 is 2.11 bits per heavy atom. The van der Waals surface area contributed by atoms with Crippen LogP contribution in [0.4, 0.5) is 5.82 Å². The van der Waals surface area contributed by atoms with E-state index in [4.69, 9.17) is 4.98 Å². The van der Waals surface area contributed by atoms with Crippen molar-refractivity contribution >= 4 is 5.82 Å². The average Bonchev–Trinajstić information content (AvgIpc) is 3.24. The molecule has 1 aromatic heterocycles. The molecule has 104 valence electrons. The third-order valence-corrected chi connectivity index (χ3v) is 4.17. The van der Waals surface area contributed by atoms with Crippen LogP contribution in [-0.4, -0.2) is 35.1 Å². The van der Waals surface area contributed by atoms with Gasteiger partial charge in [0.15, 0.2) is 5.82 Å². The fourth-order valence-corrected chi connectivity index (χ4v) is 2.88. The first-order valence-corrected chi connectivity index (χ1v) is 7.54. The van der Waals surface area contributed by atoms with Gasteiger partial charge in [0.1, 0.15) is 0 Å². The number of hydrogen-bond donors (Lipinski definition) is 1. The standard InChI is InChI=1S/C15H24N4/c1-11-9-16-12(2)15(18-11)19-8-4-3-5-14(19)10-17-13-6-7-13/h9,13-14,17H,3-8,10H2,1-2H3. The van der Waals surface area contributed by atoms with E-state index in [2.05, 4.69) is 22.1 Å². The van der Waals surface area contributed by atoms with Gasteiger partial charge in [0, 0.05) is 31.4 Å². The van der Waals surface area contributed by atoms with Crippen molar-refractivity contribution in [3.05, 3.63) is 17.6 Å². The number of piperidine rings is 1. The van der Waals surface area contributed by atoms with Crippen LogP contribution in [0.3, 0.4) is 0 Å². The predicted octanol–water partition coefficient (Wildman–Crippen LogP) is 2.20. The van der Waals surface area contributed by atoms with E-state index < -0.39 is 0 Å². The Morgan fingerprint density at radius 1 is 1.26 bits per heavy atom. The Balaban J connectivity index is 1.75. The normalized spacial score (nSPS) is 23.7. The predicted molar refractivity (Wildman–Crippen MR) is 77.5 cm³/mol. The largest absolute Gasteiger partial charge is 0.351 e. The summed E-state index contributed by atoms with van der Waals surface area (Å²) in [6.07, 6.45) is 8.46. The summed E-state index contributed by atoms with van der Waals surface area (Å²) in [6.45, 7) is 6.31. The number of anilines is 1. The molecule has 1 saturated heterocycles. The first kappa shape index (κ1) is 12.9. The van der Waals surface area contributed by atoms with Crippen LogP contribution in [0, 0.1) is 13.8 Å².